The van der Waals surface area contributed by atoms with Gasteiger partial charge in [0.05, 0.1) is 5.49 Å². The minimum absolute atomic E-state index is 0.197. The second-order valence-electron chi connectivity index (χ2n) is 3.94. The molecule has 0 saturated heterocycles. The van der Waals surface area contributed by atoms with Gasteiger partial charge in [-0.1, -0.05) is 37.3 Å². The van der Waals surface area contributed by atoms with Crippen LogP contribution in [0.15, 0.2) is 30.1 Å². The number of hydrogen-bond acceptors (Lipinski definition) is 2. The van der Waals surface area contributed by atoms with Gasteiger partial charge in [0.1, 0.15) is 0 Å². The highest BCUT2D eigenvalue weighted by molar-refractivity contribution is 7.78. The maximum atomic E-state index is 5.99. The van der Waals surface area contributed by atoms with E-state index in [1.807, 2.05) is 0 Å². The molecule has 0 amide bonds. The quantitative estimate of drug-likeness (QED) is 0.787. The lowest BCUT2D eigenvalue weighted by Gasteiger charge is -2.16. The van der Waals surface area contributed by atoms with Gasteiger partial charge in [-0.15, -0.1) is 0 Å². The molecule has 0 aromatic heterocycles. The lowest BCUT2D eigenvalue weighted by molar-refractivity contribution is 0.855. The fourth-order valence-electron chi connectivity index (χ4n) is 1.68. The van der Waals surface area contributed by atoms with Crippen molar-refractivity contribution in [2.75, 3.05) is 0 Å². The molecule has 0 heterocycles. The Morgan fingerprint density at radius 1 is 1.44 bits per heavy atom. The van der Waals surface area contributed by atoms with Crippen molar-refractivity contribution in [3.8, 4) is 0 Å². The first-order chi connectivity index (χ1) is 7.57. The van der Waals surface area contributed by atoms with E-state index in [1.54, 1.807) is 6.20 Å². The fourth-order valence-corrected chi connectivity index (χ4v) is 1.75. The zero-order chi connectivity index (χ0) is 12.1. The van der Waals surface area contributed by atoms with E-state index >= 15 is 0 Å². The highest BCUT2D eigenvalue weighted by Crippen LogP contribution is 2.25. The van der Waals surface area contributed by atoms with E-state index in [0.29, 0.717) is 0 Å². The van der Waals surface area contributed by atoms with Crippen molar-refractivity contribution in [3.05, 3.63) is 46.8 Å². The third kappa shape index (κ3) is 2.83. The summed E-state index contributed by atoms with van der Waals surface area (Å²) in [5, 5.41) is 2.84. The molecule has 0 aliphatic rings. The Balaban J connectivity index is 3.00. The van der Waals surface area contributed by atoms with Crippen LogP contribution in [0.1, 0.15) is 29.5 Å². The Labute approximate surface area is 103 Å². The minimum atomic E-state index is 0.197. The van der Waals surface area contributed by atoms with Crippen LogP contribution in [0.3, 0.4) is 0 Å². The summed E-state index contributed by atoms with van der Waals surface area (Å²) in [4.78, 5) is 0. The molecule has 1 aromatic carbocycles. The summed E-state index contributed by atoms with van der Waals surface area (Å²) in [6.45, 7) is 6.33. The second-order valence-corrected chi connectivity index (χ2v) is 4.18. The summed E-state index contributed by atoms with van der Waals surface area (Å²) in [7, 11) is 0. The van der Waals surface area contributed by atoms with Crippen molar-refractivity contribution < 1.29 is 0 Å². The Morgan fingerprint density at radius 3 is 2.75 bits per heavy atom. The summed E-state index contributed by atoms with van der Waals surface area (Å²) >= 11 is 4.68. The molecule has 0 aliphatic carbocycles. The first-order valence-electron chi connectivity index (χ1n) is 5.29. The molecule has 1 unspecified atom stereocenters. The van der Waals surface area contributed by atoms with E-state index in [0.717, 1.165) is 5.70 Å². The Morgan fingerprint density at radius 2 is 2.12 bits per heavy atom. The van der Waals surface area contributed by atoms with Crippen LogP contribution in [0.4, 0.5) is 0 Å². The molecule has 3 N–H and O–H groups in total. The summed E-state index contributed by atoms with van der Waals surface area (Å²) in [5.41, 5.74) is 12.1. The molecule has 2 nitrogen and oxygen atoms in total. The molecular formula is C13H18N2S. The van der Waals surface area contributed by atoms with Gasteiger partial charge in [0, 0.05) is 17.8 Å². The standard InChI is InChI=1S/C13H18N2S/c1-9-5-4-6-12(10(9)2)11(3)13(14)7-15-8-16/h4-8,11H,14H2,1-3H3,(H,15,16)/b13-7-. The van der Waals surface area contributed by atoms with Gasteiger partial charge in [-0.25, -0.2) is 0 Å². The summed E-state index contributed by atoms with van der Waals surface area (Å²) in [6.07, 6.45) is 1.75. The predicted molar refractivity (Wildman–Crippen MR) is 73.4 cm³/mol. The van der Waals surface area contributed by atoms with Crippen LogP contribution < -0.4 is 11.1 Å². The molecule has 0 spiro atoms. The van der Waals surface area contributed by atoms with Crippen LogP contribution >= 0.6 is 12.2 Å². The number of thiocarbonyl (C=S) groups is 1. The molecule has 1 aromatic rings. The molecule has 0 saturated carbocycles. The van der Waals surface area contributed by atoms with Gasteiger partial charge in [0.25, 0.3) is 0 Å². The highest BCUT2D eigenvalue weighted by atomic mass is 32.1. The van der Waals surface area contributed by atoms with Gasteiger partial charge in [-0.3, -0.25) is 0 Å². The lowest BCUT2D eigenvalue weighted by atomic mass is 9.92. The fraction of sp³-hybridized carbons (Fsp3) is 0.308. The largest absolute Gasteiger partial charge is 0.400 e. The normalized spacial score (nSPS) is 13.3. The van der Waals surface area contributed by atoms with Crippen LogP contribution in [0.25, 0.3) is 0 Å². The lowest BCUT2D eigenvalue weighted by Crippen LogP contribution is -2.13. The van der Waals surface area contributed by atoms with E-state index in [4.69, 9.17) is 5.73 Å². The summed E-state index contributed by atoms with van der Waals surface area (Å²) in [6, 6.07) is 6.29. The third-order valence-corrected chi connectivity index (χ3v) is 3.07. The minimum Gasteiger partial charge on any atom is -0.400 e. The molecule has 1 atom stereocenters. The van der Waals surface area contributed by atoms with Gasteiger partial charge in [0.2, 0.25) is 0 Å². The van der Waals surface area contributed by atoms with E-state index in [9.17, 15) is 0 Å². The average molecular weight is 234 g/mol. The number of nitrogens with one attached hydrogen (secondary N) is 1. The molecule has 16 heavy (non-hydrogen) atoms. The van der Waals surface area contributed by atoms with E-state index < -0.39 is 0 Å². The number of benzene rings is 1. The highest BCUT2D eigenvalue weighted by Gasteiger charge is 2.11. The van der Waals surface area contributed by atoms with Crippen molar-refractivity contribution in [2.24, 2.45) is 5.73 Å². The number of hydrogen-bond donors (Lipinski definition) is 2. The van der Waals surface area contributed by atoms with Crippen LogP contribution in [-0.4, -0.2) is 5.49 Å². The maximum absolute atomic E-state index is 5.99. The summed E-state index contributed by atoms with van der Waals surface area (Å²) < 4.78 is 0. The zero-order valence-corrected chi connectivity index (χ0v) is 10.8. The van der Waals surface area contributed by atoms with Crippen LogP contribution in [0.2, 0.25) is 0 Å². The van der Waals surface area contributed by atoms with E-state index in [1.165, 1.54) is 22.2 Å². The summed E-state index contributed by atoms with van der Waals surface area (Å²) in [5.74, 6) is 0.197. The average Bonchev–Trinajstić information content (AvgIpc) is 2.28. The first kappa shape index (κ1) is 12.7. The Hall–Kier alpha value is -1.35. The number of rotatable bonds is 4. The zero-order valence-electron chi connectivity index (χ0n) is 9.95. The van der Waals surface area contributed by atoms with Gasteiger partial charge in [-0.2, -0.15) is 0 Å². The smallest absolute Gasteiger partial charge is 0.0654 e. The predicted octanol–water partition coefficient (Wildman–Crippen LogP) is 2.75. The van der Waals surface area contributed by atoms with Crippen molar-refractivity contribution >= 4 is 17.7 Å². The topological polar surface area (TPSA) is 38.0 Å². The van der Waals surface area contributed by atoms with Gasteiger partial charge in [-0.05, 0) is 30.5 Å². The van der Waals surface area contributed by atoms with Gasteiger partial charge < -0.3 is 11.1 Å². The number of nitrogens with two attached hydrogens (primary N) is 1. The van der Waals surface area contributed by atoms with Gasteiger partial charge >= 0.3 is 0 Å². The molecule has 86 valence electrons. The van der Waals surface area contributed by atoms with Crippen molar-refractivity contribution in [2.45, 2.75) is 26.7 Å². The van der Waals surface area contributed by atoms with Crippen molar-refractivity contribution in [1.82, 2.24) is 5.32 Å². The van der Waals surface area contributed by atoms with E-state index in [2.05, 4.69) is 56.5 Å². The van der Waals surface area contributed by atoms with Gasteiger partial charge in [0.15, 0.2) is 0 Å². The third-order valence-electron chi connectivity index (χ3n) is 2.93. The van der Waals surface area contributed by atoms with Crippen LogP contribution in [0.5, 0.6) is 0 Å². The first-order valence-corrected chi connectivity index (χ1v) is 5.76. The molecule has 1 rings (SSSR count). The monoisotopic (exact) mass is 234 g/mol. The van der Waals surface area contributed by atoms with Crippen molar-refractivity contribution in [3.63, 3.8) is 0 Å². The molecule has 0 fully saturated rings. The van der Waals surface area contributed by atoms with Crippen LogP contribution in [0, 0.1) is 13.8 Å². The maximum Gasteiger partial charge on any atom is 0.0654 e. The van der Waals surface area contributed by atoms with E-state index in [-0.39, 0.29) is 5.92 Å². The molecule has 0 radical (unpaired) electrons. The van der Waals surface area contributed by atoms with Crippen LogP contribution in [-0.2, 0) is 0 Å². The van der Waals surface area contributed by atoms with Crippen molar-refractivity contribution in [1.29, 1.82) is 0 Å². The second kappa shape index (κ2) is 5.66. The number of aryl methyl sites for hydroxylation is 1. The molecule has 3 heteroatoms. The molecule has 0 bridgehead atoms. The number of allylic oxidation sites excluding steroid dienone is 1. The molecule has 0 aliphatic heterocycles. The SMILES string of the molecule is Cc1cccc(C(C)/C(N)=C/NC=S)c1C. The Bertz CT molecular complexity index is 410. The molecular weight excluding hydrogens is 216 g/mol. The Kier molecular flexibility index (Phi) is 4.50.